The molecule has 5 nitrogen and oxygen atoms in total. The number of rotatable bonds is 10. The van der Waals surface area contributed by atoms with Gasteiger partial charge >= 0.3 is 0 Å². The number of hydrogen-bond donors (Lipinski definition) is 3. The first kappa shape index (κ1) is 21.2. The second-order valence-electron chi connectivity index (χ2n) is 7.15. The van der Waals surface area contributed by atoms with E-state index in [2.05, 4.69) is 62.9 Å². The highest BCUT2D eigenvalue weighted by atomic mass is 32.2. The minimum Gasteiger partial charge on any atom is -0.392 e. The molecule has 0 amide bonds. The molecule has 3 heterocycles. The van der Waals surface area contributed by atoms with Gasteiger partial charge in [0.25, 0.3) is 0 Å². The molecule has 3 N–H and O–H groups in total. The number of fused-ring (bicyclic) bond motifs is 1. The van der Waals surface area contributed by atoms with Crippen LogP contribution in [0, 0.1) is 0 Å². The monoisotopic (exact) mass is 458 g/mol. The third-order valence-electron chi connectivity index (χ3n) is 4.58. The molecule has 0 radical (unpaired) electrons. The van der Waals surface area contributed by atoms with Crippen molar-refractivity contribution in [3.05, 3.63) is 75.1 Å². The number of aliphatic hydroxyl groups excluding tert-OH is 1. The van der Waals surface area contributed by atoms with Crippen molar-refractivity contribution in [2.24, 2.45) is 0 Å². The topological polar surface area (TPSA) is 60.4 Å². The predicted molar refractivity (Wildman–Crippen MR) is 130 cm³/mol. The summed E-state index contributed by atoms with van der Waals surface area (Å²) in [5.41, 5.74) is 3.27. The molecule has 0 fully saturated rings. The Morgan fingerprint density at radius 3 is 2.83 bits per heavy atom. The van der Waals surface area contributed by atoms with Crippen molar-refractivity contribution in [3.8, 4) is 0 Å². The Morgan fingerprint density at radius 2 is 2.07 bits per heavy atom. The van der Waals surface area contributed by atoms with E-state index in [1.807, 2.05) is 6.07 Å². The van der Waals surface area contributed by atoms with Gasteiger partial charge < -0.3 is 20.0 Å². The minimum absolute atomic E-state index is 0.413. The fraction of sp³-hybridized carbons (Fsp3) is 0.318. The van der Waals surface area contributed by atoms with Gasteiger partial charge in [-0.2, -0.15) is 0 Å². The Hall–Kier alpha value is -2.00. The van der Waals surface area contributed by atoms with E-state index in [0.717, 1.165) is 41.8 Å². The second kappa shape index (κ2) is 10.3. The first-order valence-corrected chi connectivity index (χ1v) is 12.6. The van der Waals surface area contributed by atoms with Crippen LogP contribution in [0.1, 0.15) is 27.9 Å². The van der Waals surface area contributed by atoms with Gasteiger partial charge in [0.15, 0.2) is 5.13 Å². The molecule has 30 heavy (non-hydrogen) atoms. The summed E-state index contributed by atoms with van der Waals surface area (Å²) < 4.78 is 2.26. The molecule has 158 valence electrons. The van der Waals surface area contributed by atoms with Gasteiger partial charge in [0.1, 0.15) is 5.69 Å². The first-order chi connectivity index (χ1) is 14.7. The molecule has 8 heteroatoms. The van der Waals surface area contributed by atoms with Crippen LogP contribution in [-0.4, -0.2) is 33.6 Å². The average Bonchev–Trinajstić information content (AvgIpc) is 3.41. The number of thiophene rings is 1. The summed E-state index contributed by atoms with van der Waals surface area (Å²) >= 11 is 5.30. The molecule has 3 aromatic rings. The number of aromatic nitrogens is 1. The van der Waals surface area contributed by atoms with Crippen molar-refractivity contribution in [2.45, 2.75) is 31.7 Å². The Morgan fingerprint density at radius 1 is 1.20 bits per heavy atom. The number of nitrogens with one attached hydrogen (secondary N) is 2. The second-order valence-corrected chi connectivity index (χ2v) is 10.3. The largest absolute Gasteiger partial charge is 0.392 e. The van der Waals surface area contributed by atoms with Crippen LogP contribution in [0.25, 0.3) is 5.70 Å². The van der Waals surface area contributed by atoms with E-state index in [1.165, 1.54) is 15.3 Å². The molecular weight excluding hydrogens is 432 g/mol. The van der Waals surface area contributed by atoms with Crippen molar-refractivity contribution < 1.29 is 5.11 Å². The molecule has 1 aliphatic rings. The smallest absolute Gasteiger partial charge is 0.183 e. The summed E-state index contributed by atoms with van der Waals surface area (Å²) in [4.78, 5) is 7.47. The van der Waals surface area contributed by atoms with Crippen LogP contribution >= 0.6 is 34.6 Å². The molecule has 1 unspecified atom stereocenters. The molecule has 0 bridgehead atoms. The fourth-order valence-corrected chi connectivity index (χ4v) is 5.79. The molecule has 4 rings (SSSR count). The number of anilines is 1. The maximum absolute atomic E-state index is 9.72. The zero-order chi connectivity index (χ0) is 20.8. The summed E-state index contributed by atoms with van der Waals surface area (Å²) in [6.07, 6.45) is 2.71. The quantitative estimate of drug-likeness (QED) is 0.380. The van der Waals surface area contributed by atoms with Gasteiger partial charge in [-0.3, -0.25) is 0 Å². The maximum atomic E-state index is 9.72. The van der Waals surface area contributed by atoms with E-state index < -0.39 is 6.10 Å². The maximum Gasteiger partial charge on any atom is 0.183 e. The third-order valence-corrected chi connectivity index (χ3v) is 7.54. The number of hydrogen-bond acceptors (Lipinski definition) is 8. The van der Waals surface area contributed by atoms with E-state index >= 15 is 0 Å². The Balaban J connectivity index is 1.43. The summed E-state index contributed by atoms with van der Waals surface area (Å²) in [5.74, 6) is 0.918. The van der Waals surface area contributed by atoms with Gasteiger partial charge in [-0.1, -0.05) is 47.7 Å². The zero-order valence-corrected chi connectivity index (χ0v) is 19.3. The molecule has 2 aromatic heterocycles. The lowest BCUT2D eigenvalue weighted by Gasteiger charge is -2.25. The minimum atomic E-state index is -0.413. The normalized spacial score (nSPS) is 14.2. The SMILES string of the molecule is CC(O)CNC1=CN(SCc2ccccc2)Cc2sc(NCCc3cccs3)nc21. The lowest BCUT2D eigenvalue weighted by atomic mass is 10.2. The van der Waals surface area contributed by atoms with Gasteiger partial charge in [0.05, 0.1) is 23.2 Å². The van der Waals surface area contributed by atoms with Crippen molar-refractivity contribution >= 4 is 45.5 Å². The highest BCUT2D eigenvalue weighted by Gasteiger charge is 2.23. The van der Waals surface area contributed by atoms with E-state index in [9.17, 15) is 5.11 Å². The van der Waals surface area contributed by atoms with Crippen molar-refractivity contribution in [1.29, 1.82) is 0 Å². The number of aliphatic hydroxyl groups is 1. The zero-order valence-electron chi connectivity index (χ0n) is 16.9. The van der Waals surface area contributed by atoms with Crippen LogP contribution in [0.15, 0.2) is 54.0 Å². The van der Waals surface area contributed by atoms with E-state index in [0.29, 0.717) is 6.54 Å². The summed E-state index contributed by atoms with van der Waals surface area (Å²) in [6, 6.07) is 14.8. The standard InChI is InChI=1S/C22H26N4OS3/c1-16(27)12-24-19-13-26(29-15-17-6-3-2-4-7-17)14-20-21(19)25-22(30-20)23-10-9-18-8-5-11-28-18/h2-8,11,13,16,24,27H,9-10,12,14-15H2,1H3,(H,23,25). The Bertz CT molecular complexity index is 954. The van der Waals surface area contributed by atoms with E-state index in [-0.39, 0.29) is 0 Å². The van der Waals surface area contributed by atoms with Crippen LogP contribution in [0.5, 0.6) is 0 Å². The van der Waals surface area contributed by atoms with Crippen LogP contribution in [0.3, 0.4) is 0 Å². The Kier molecular flexibility index (Phi) is 7.33. The van der Waals surface area contributed by atoms with Gasteiger partial charge in [-0.25, -0.2) is 4.98 Å². The predicted octanol–water partition coefficient (Wildman–Crippen LogP) is 4.79. The van der Waals surface area contributed by atoms with Crippen LogP contribution < -0.4 is 10.6 Å². The molecule has 1 aliphatic heterocycles. The molecular formula is C22H26N4OS3. The number of thiazole rings is 1. The fourth-order valence-electron chi connectivity index (χ4n) is 3.09. The highest BCUT2D eigenvalue weighted by molar-refractivity contribution is 7.96. The summed E-state index contributed by atoms with van der Waals surface area (Å²) in [5, 5.41) is 19.6. The van der Waals surface area contributed by atoms with Gasteiger partial charge in [-0.05, 0) is 42.3 Å². The van der Waals surface area contributed by atoms with Crippen molar-refractivity contribution in [1.82, 2.24) is 14.6 Å². The van der Waals surface area contributed by atoms with Gasteiger partial charge in [0, 0.05) is 29.9 Å². The van der Waals surface area contributed by atoms with Gasteiger partial charge in [-0.15, -0.1) is 11.3 Å². The van der Waals surface area contributed by atoms with Crippen LogP contribution in [-0.2, 0) is 18.7 Å². The molecule has 0 spiro atoms. The average molecular weight is 459 g/mol. The molecule has 1 aromatic carbocycles. The summed E-state index contributed by atoms with van der Waals surface area (Å²) in [7, 11) is 0. The van der Waals surface area contributed by atoms with Crippen LogP contribution in [0.4, 0.5) is 5.13 Å². The van der Waals surface area contributed by atoms with Crippen LogP contribution in [0.2, 0.25) is 0 Å². The number of nitrogens with zero attached hydrogens (tertiary/aromatic N) is 2. The Labute approximate surface area is 190 Å². The van der Waals surface area contributed by atoms with Gasteiger partial charge in [0.2, 0.25) is 0 Å². The molecule has 0 saturated carbocycles. The van der Waals surface area contributed by atoms with Crippen molar-refractivity contribution in [2.75, 3.05) is 18.4 Å². The lowest BCUT2D eigenvalue weighted by molar-refractivity contribution is 0.197. The summed E-state index contributed by atoms with van der Waals surface area (Å²) in [6.45, 7) is 4.00. The molecule has 1 atom stereocenters. The first-order valence-electron chi connectivity index (χ1n) is 10.0. The lowest BCUT2D eigenvalue weighted by Crippen LogP contribution is -2.27. The molecule has 0 aliphatic carbocycles. The van der Waals surface area contributed by atoms with E-state index in [1.54, 1.807) is 41.5 Å². The van der Waals surface area contributed by atoms with E-state index in [4.69, 9.17) is 4.98 Å². The number of benzene rings is 1. The third kappa shape index (κ3) is 5.78. The van der Waals surface area contributed by atoms with Crippen molar-refractivity contribution in [3.63, 3.8) is 0 Å². The molecule has 0 saturated heterocycles. The highest BCUT2D eigenvalue weighted by Crippen LogP contribution is 2.35.